The predicted molar refractivity (Wildman–Crippen MR) is 118 cm³/mol. The van der Waals surface area contributed by atoms with Gasteiger partial charge in [-0.2, -0.15) is 13.2 Å². The highest BCUT2D eigenvalue weighted by Gasteiger charge is 2.31. The summed E-state index contributed by atoms with van der Waals surface area (Å²) in [5.41, 5.74) is 0.259. The van der Waals surface area contributed by atoms with Crippen LogP contribution in [-0.4, -0.2) is 58.5 Å². The minimum absolute atomic E-state index is 0.118. The average molecular weight is 467 g/mol. The average Bonchev–Trinajstić information content (AvgIpc) is 2.74. The van der Waals surface area contributed by atoms with Crippen LogP contribution in [0.25, 0.3) is 11.3 Å². The maximum Gasteiger partial charge on any atom is 0.416 e. The van der Waals surface area contributed by atoms with Gasteiger partial charge in [0.15, 0.2) is 0 Å². The van der Waals surface area contributed by atoms with Crippen molar-refractivity contribution in [2.75, 3.05) is 31.6 Å². The van der Waals surface area contributed by atoms with E-state index in [1.54, 1.807) is 19.9 Å². The number of hydrogen-bond acceptors (Lipinski definition) is 7. The molecule has 0 bridgehead atoms. The lowest BCUT2D eigenvalue weighted by Crippen LogP contribution is -2.45. The first-order valence-corrected chi connectivity index (χ1v) is 11.0. The Morgan fingerprint density at radius 2 is 2.09 bits per heavy atom. The Balaban J connectivity index is 1.66. The third-order valence-corrected chi connectivity index (χ3v) is 5.64. The number of aryl methyl sites for hydroxylation is 1. The van der Waals surface area contributed by atoms with Crippen LogP contribution in [-0.2, 0) is 15.7 Å². The number of hydrogen-bond donors (Lipinski definition) is 2. The number of rotatable bonds is 7. The van der Waals surface area contributed by atoms with Crippen LogP contribution in [0, 0.1) is 12.8 Å². The van der Waals surface area contributed by atoms with Gasteiger partial charge in [-0.1, -0.05) is 6.92 Å². The van der Waals surface area contributed by atoms with Crippen molar-refractivity contribution in [1.29, 1.82) is 0 Å². The van der Waals surface area contributed by atoms with E-state index in [0.717, 1.165) is 32.0 Å². The van der Waals surface area contributed by atoms with Crippen molar-refractivity contribution in [1.82, 2.24) is 15.1 Å². The van der Waals surface area contributed by atoms with E-state index in [0.29, 0.717) is 36.3 Å². The number of aromatic hydroxyl groups is 1. The molecule has 1 aromatic heterocycles. The van der Waals surface area contributed by atoms with Crippen LogP contribution in [0.5, 0.6) is 5.75 Å². The Hall–Kier alpha value is -2.88. The molecule has 1 aromatic carbocycles. The van der Waals surface area contributed by atoms with Gasteiger partial charge in [-0.05, 0) is 63.1 Å². The molecule has 0 radical (unpaired) electrons. The van der Waals surface area contributed by atoms with Gasteiger partial charge in [-0.3, -0.25) is 4.79 Å². The number of alkyl halides is 3. The van der Waals surface area contributed by atoms with Crippen LogP contribution in [0.2, 0.25) is 0 Å². The number of esters is 1. The van der Waals surface area contributed by atoms with Gasteiger partial charge in [-0.25, -0.2) is 0 Å². The molecule has 10 heteroatoms. The highest BCUT2D eigenvalue weighted by atomic mass is 19.4. The lowest BCUT2D eigenvalue weighted by atomic mass is 10.0. The summed E-state index contributed by atoms with van der Waals surface area (Å²) in [5, 5.41) is 21.8. The van der Waals surface area contributed by atoms with Crippen molar-refractivity contribution in [2.24, 2.45) is 5.92 Å². The first-order valence-electron chi connectivity index (χ1n) is 11.0. The Labute approximate surface area is 191 Å². The molecule has 1 unspecified atom stereocenters. The van der Waals surface area contributed by atoms with E-state index in [2.05, 4.69) is 20.4 Å². The van der Waals surface area contributed by atoms with Gasteiger partial charge in [0.25, 0.3) is 0 Å². The molecule has 1 saturated heterocycles. The summed E-state index contributed by atoms with van der Waals surface area (Å²) in [5.74, 6) is -0.355. The number of likely N-dealkylation sites (tertiary alicyclic amines) is 1. The second-order valence-corrected chi connectivity index (χ2v) is 8.39. The third kappa shape index (κ3) is 6.34. The fraction of sp³-hybridized carbons (Fsp3) is 0.522. The summed E-state index contributed by atoms with van der Waals surface area (Å²) in [4.78, 5) is 14.1. The lowest BCUT2D eigenvalue weighted by Gasteiger charge is -2.34. The van der Waals surface area contributed by atoms with E-state index in [1.165, 1.54) is 6.07 Å². The molecule has 180 valence electrons. The highest BCUT2D eigenvalue weighted by Crippen LogP contribution is 2.36. The molecule has 2 aromatic rings. The topological polar surface area (TPSA) is 87.6 Å². The number of phenolic OH excluding ortho intramolecular Hbond substituents is 1. The number of benzene rings is 1. The fourth-order valence-electron chi connectivity index (χ4n) is 4.02. The van der Waals surface area contributed by atoms with Gasteiger partial charge in [0.1, 0.15) is 11.6 Å². The van der Waals surface area contributed by atoms with E-state index in [9.17, 15) is 23.1 Å². The van der Waals surface area contributed by atoms with E-state index < -0.39 is 17.5 Å². The summed E-state index contributed by atoms with van der Waals surface area (Å²) in [7, 11) is 0. The van der Waals surface area contributed by atoms with Crippen molar-refractivity contribution in [3.8, 4) is 17.0 Å². The zero-order chi connectivity index (χ0) is 24.2. The van der Waals surface area contributed by atoms with Gasteiger partial charge >= 0.3 is 12.1 Å². The van der Waals surface area contributed by atoms with E-state index in [1.807, 2.05) is 6.92 Å². The maximum atomic E-state index is 12.9. The summed E-state index contributed by atoms with van der Waals surface area (Å²) in [6.07, 6.45) is -2.63. The molecule has 0 saturated carbocycles. The zero-order valence-corrected chi connectivity index (χ0v) is 18.9. The SMILES string of the molecule is CCOC(=O)C(C)CN1CCC[C@@H](Nc2cc(C)c(-c3ccc(C(F)(F)F)cc3O)nn2)C1. The van der Waals surface area contributed by atoms with Gasteiger partial charge in [0.2, 0.25) is 0 Å². The number of anilines is 1. The molecule has 1 fully saturated rings. The molecule has 1 aliphatic rings. The summed E-state index contributed by atoms with van der Waals surface area (Å²) < 4.78 is 43.7. The summed E-state index contributed by atoms with van der Waals surface area (Å²) >= 11 is 0. The van der Waals surface area contributed by atoms with Crippen molar-refractivity contribution in [3.63, 3.8) is 0 Å². The normalized spacial score (nSPS) is 18.1. The Morgan fingerprint density at radius 1 is 1.33 bits per heavy atom. The van der Waals surface area contributed by atoms with Gasteiger partial charge < -0.3 is 20.1 Å². The molecule has 3 rings (SSSR count). The van der Waals surface area contributed by atoms with Crippen molar-refractivity contribution < 1.29 is 27.8 Å². The zero-order valence-electron chi connectivity index (χ0n) is 18.9. The number of phenols is 1. The quantitative estimate of drug-likeness (QED) is 0.590. The van der Waals surface area contributed by atoms with Crippen molar-refractivity contribution in [3.05, 3.63) is 35.4 Å². The van der Waals surface area contributed by atoms with E-state index in [4.69, 9.17) is 4.74 Å². The number of ether oxygens (including phenoxy) is 1. The number of nitrogens with one attached hydrogen (secondary N) is 1. The van der Waals surface area contributed by atoms with Crippen LogP contribution in [0.15, 0.2) is 24.3 Å². The second-order valence-electron chi connectivity index (χ2n) is 8.39. The second kappa shape index (κ2) is 10.4. The molecule has 2 atom stereocenters. The Morgan fingerprint density at radius 3 is 2.73 bits per heavy atom. The molecule has 7 nitrogen and oxygen atoms in total. The van der Waals surface area contributed by atoms with Crippen LogP contribution in [0.3, 0.4) is 0 Å². The van der Waals surface area contributed by atoms with Crippen LogP contribution >= 0.6 is 0 Å². The predicted octanol–water partition coefficient (Wildman–Crippen LogP) is 4.25. The monoisotopic (exact) mass is 466 g/mol. The van der Waals surface area contributed by atoms with Gasteiger partial charge in [-0.15, -0.1) is 10.2 Å². The smallest absolute Gasteiger partial charge is 0.416 e. The minimum Gasteiger partial charge on any atom is -0.507 e. The highest BCUT2D eigenvalue weighted by molar-refractivity contribution is 5.72. The molecule has 0 spiro atoms. The number of nitrogens with zero attached hydrogens (tertiary/aromatic N) is 3. The molecule has 2 heterocycles. The number of carbonyl (C=O) groups is 1. The maximum absolute atomic E-state index is 12.9. The van der Waals surface area contributed by atoms with E-state index in [-0.39, 0.29) is 23.5 Å². The molecular formula is C23H29F3N4O3. The van der Waals surface area contributed by atoms with Gasteiger partial charge in [0, 0.05) is 24.7 Å². The number of halogens is 3. The summed E-state index contributed by atoms with van der Waals surface area (Å²) in [6.45, 7) is 8.04. The molecule has 33 heavy (non-hydrogen) atoms. The Bertz CT molecular complexity index is 984. The molecule has 0 aliphatic carbocycles. The molecule has 1 aliphatic heterocycles. The van der Waals surface area contributed by atoms with Crippen molar-refractivity contribution >= 4 is 11.8 Å². The van der Waals surface area contributed by atoms with Crippen LogP contribution in [0.1, 0.15) is 37.8 Å². The number of piperidine rings is 1. The van der Waals surface area contributed by atoms with Crippen molar-refractivity contribution in [2.45, 2.75) is 45.8 Å². The number of carbonyl (C=O) groups excluding carboxylic acids is 1. The molecule has 2 N–H and O–H groups in total. The summed E-state index contributed by atoms with van der Waals surface area (Å²) in [6, 6.07) is 4.69. The van der Waals surface area contributed by atoms with Crippen LogP contribution < -0.4 is 5.32 Å². The number of aromatic nitrogens is 2. The first-order chi connectivity index (χ1) is 15.6. The molecular weight excluding hydrogens is 437 g/mol. The lowest BCUT2D eigenvalue weighted by molar-refractivity contribution is -0.148. The Kier molecular flexibility index (Phi) is 7.78. The largest absolute Gasteiger partial charge is 0.507 e. The van der Waals surface area contributed by atoms with E-state index >= 15 is 0 Å². The standard InChI is InChI=1S/C23H29F3N4O3/c1-4-33-22(32)15(3)12-30-9-5-6-17(13-30)27-20-10-14(2)21(29-28-20)18-8-7-16(11-19(18)31)23(24,25)26/h7-8,10-11,15,17,31H,4-6,9,12-13H2,1-3H3,(H,27,28)/t15?,17-/m1/s1. The fourth-order valence-corrected chi connectivity index (χ4v) is 4.02. The van der Waals surface area contributed by atoms with Crippen LogP contribution in [0.4, 0.5) is 19.0 Å². The minimum atomic E-state index is -4.54. The van der Waals surface area contributed by atoms with Gasteiger partial charge in [0.05, 0.1) is 23.8 Å². The first kappa shape index (κ1) is 24.8. The third-order valence-electron chi connectivity index (χ3n) is 5.64. The molecule has 0 amide bonds.